The van der Waals surface area contributed by atoms with Gasteiger partial charge in [-0.25, -0.2) is 12.1 Å². The van der Waals surface area contributed by atoms with Crippen molar-refractivity contribution in [3.05, 3.63) is 222 Å². The summed E-state index contributed by atoms with van der Waals surface area (Å²) in [5, 5.41) is 13.1. The Balaban J connectivity index is 0.000000203. The molecule has 1 aliphatic carbocycles. The predicted molar refractivity (Wildman–Crippen MR) is 230 cm³/mol. The number of halogens is 2. The van der Waals surface area contributed by atoms with Crippen molar-refractivity contribution in [2.45, 2.75) is 19.9 Å². The van der Waals surface area contributed by atoms with Crippen LogP contribution in [0.2, 0.25) is 0 Å². The van der Waals surface area contributed by atoms with Gasteiger partial charge >= 0.3 is 51.6 Å². The maximum Gasteiger partial charge on any atom is 2.00 e. The van der Waals surface area contributed by atoms with Crippen molar-refractivity contribution in [2.75, 3.05) is 6.61 Å². The van der Waals surface area contributed by atoms with E-state index in [1.54, 1.807) is 0 Å². The summed E-state index contributed by atoms with van der Waals surface area (Å²) in [7, 11) is 8.63. The largest absolute Gasteiger partial charge is 2.00 e. The SMILES string of the molecule is CC(C)C1COC(=C2C=CC=C2P(c2ccccc2)c2ccccc2)[N-]1.[Cl][Ru][Cl].[Fe+2].c1cc[cH-]c1.c1ccc(P(c2ccccc2)c2ccccc2)cc1. The normalized spacial score (nSPS) is 15.4. The van der Waals surface area contributed by atoms with Gasteiger partial charge in [0.05, 0.1) is 6.61 Å². The molecule has 6 aromatic carbocycles. The Labute approximate surface area is 350 Å². The molecular weight excluding hydrogens is 872 g/mol. The van der Waals surface area contributed by atoms with E-state index in [0.717, 1.165) is 11.5 Å². The minimum Gasteiger partial charge on any atom is -0.214 e. The van der Waals surface area contributed by atoms with E-state index in [1.165, 1.54) is 31.8 Å². The van der Waals surface area contributed by atoms with Crippen LogP contribution in [0.25, 0.3) is 5.32 Å². The molecule has 1 fully saturated rings. The number of allylic oxidation sites excluding steroid dienone is 5. The summed E-state index contributed by atoms with van der Waals surface area (Å²) >= 11 is -0.346. The molecule has 2 nitrogen and oxygen atoms in total. The van der Waals surface area contributed by atoms with Crippen molar-refractivity contribution in [2.24, 2.45) is 5.92 Å². The summed E-state index contributed by atoms with van der Waals surface area (Å²) in [4.78, 5) is 0. The van der Waals surface area contributed by atoms with Crippen molar-refractivity contribution >= 4 is 61.7 Å². The minimum absolute atomic E-state index is 0. The molecule has 0 amide bonds. The zero-order valence-electron chi connectivity index (χ0n) is 30.1. The number of ether oxygens (including phenoxy) is 1. The van der Waals surface area contributed by atoms with Crippen molar-refractivity contribution in [1.29, 1.82) is 0 Å². The molecular formula is C46H43Cl2FeNOP2Ru. The average Bonchev–Trinajstić information content (AvgIpc) is 4.03. The van der Waals surface area contributed by atoms with E-state index in [1.807, 2.05) is 30.3 Å². The summed E-state index contributed by atoms with van der Waals surface area (Å²) < 4.78 is 5.99. The molecule has 0 aromatic heterocycles. The van der Waals surface area contributed by atoms with Crippen LogP contribution < -0.4 is 26.5 Å². The maximum absolute atomic E-state index is 5.99. The Morgan fingerprint density at radius 2 is 0.981 bits per heavy atom. The van der Waals surface area contributed by atoms with Gasteiger partial charge in [-0.2, -0.15) is 18.2 Å². The fourth-order valence-electron chi connectivity index (χ4n) is 5.75. The van der Waals surface area contributed by atoms with Crippen molar-refractivity contribution in [3.8, 4) is 0 Å². The topological polar surface area (TPSA) is 23.3 Å². The van der Waals surface area contributed by atoms with Gasteiger partial charge in [-0.15, -0.1) is 0 Å². The smallest absolute Gasteiger partial charge is 0.214 e. The van der Waals surface area contributed by atoms with Crippen LogP contribution in [-0.4, -0.2) is 12.6 Å². The first-order chi connectivity index (χ1) is 26.1. The van der Waals surface area contributed by atoms with Crippen LogP contribution in [-0.2, 0) is 37.0 Å². The van der Waals surface area contributed by atoms with Crippen LogP contribution in [0, 0.1) is 5.92 Å². The molecule has 0 bridgehead atoms. The van der Waals surface area contributed by atoms with Crippen LogP contribution in [0.1, 0.15) is 13.8 Å². The molecule has 278 valence electrons. The molecule has 6 aromatic rings. The molecule has 54 heavy (non-hydrogen) atoms. The Hall–Kier alpha value is -3.15. The van der Waals surface area contributed by atoms with Crippen LogP contribution in [0.3, 0.4) is 0 Å². The third kappa shape index (κ3) is 13.0. The number of rotatable bonds is 7. The maximum atomic E-state index is 5.99. The summed E-state index contributed by atoms with van der Waals surface area (Å²) in [6.45, 7) is 5.09. The Morgan fingerprint density at radius 3 is 1.30 bits per heavy atom. The van der Waals surface area contributed by atoms with Crippen LogP contribution >= 0.6 is 35.2 Å². The fourth-order valence-corrected chi connectivity index (χ4v) is 10.5. The molecule has 1 atom stereocenters. The van der Waals surface area contributed by atoms with E-state index < -0.39 is 15.8 Å². The standard InChI is InChI=1S/C23H23NOP.C18H15P.C5H5.2ClH.Fe.Ru/c1-17(2)21-16-25-23(24-21)20-14-9-15-22(20)26(18-10-5-3-6-11-18)19-12-7-4-8-13-19;1-4-10-16(11-5-1)19(17-12-6-2-7-13-17)18-14-8-3-9-15-18;1-2-4-5-3-1;;;;/h3-15,17,21H,16H2,1-2H3;1-15H;1-5H;2*1H;;/q-1;;-1;;;2*+2/p-2. The number of benzene rings is 5. The van der Waals surface area contributed by atoms with Gasteiger partial charge in [0.2, 0.25) is 0 Å². The number of hydrogen-bond acceptors (Lipinski definition) is 1. The summed E-state index contributed by atoms with van der Waals surface area (Å²) in [5.41, 5.74) is 1.15. The summed E-state index contributed by atoms with van der Waals surface area (Å²) in [5.74, 6) is 1.30. The van der Waals surface area contributed by atoms with E-state index in [0.29, 0.717) is 12.5 Å². The van der Waals surface area contributed by atoms with E-state index in [2.05, 4.69) is 184 Å². The third-order valence-electron chi connectivity index (χ3n) is 8.34. The van der Waals surface area contributed by atoms with Crippen LogP contribution in [0.5, 0.6) is 0 Å². The average molecular weight is 916 g/mol. The third-order valence-corrected chi connectivity index (χ3v) is 13.3. The van der Waals surface area contributed by atoms with Crippen molar-refractivity contribution < 1.29 is 37.0 Å². The fraction of sp³-hybridized carbons (Fsp3) is 0.109. The summed E-state index contributed by atoms with van der Waals surface area (Å²) in [6.07, 6.45) is 6.51. The van der Waals surface area contributed by atoms with Gasteiger partial charge in [0.1, 0.15) is 0 Å². The monoisotopic (exact) mass is 915 g/mol. The molecule has 1 saturated heterocycles. The Bertz CT molecular complexity index is 1830. The second-order valence-corrected chi connectivity index (χ2v) is 19.3. The molecule has 8 heteroatoms. The zero-order chi connectivity index (χ0) is 37.1. The van der Waals surface area contributed by atoms with Gasteiger partial charge in [0.25, 0.3) is 0 Å². The molecule has 0 radical (unpaired) electrons. The summed E-state index contributed by atoms with van der Waals surface area (Å²) in [6, 6.07) is 64.1. The first-order valence-electron chi connectivity index (χ1n) is 17.4. The molecule has 0 N–H and O–H groups in total. The van der Waals surface area contributed by atoms with Gasteiger partial charge in [-0.05, 0) is 47.7 Å². The zero-order valence-corrected chi connectivity index (χ0v) is 36.3. The van der Waals surface area contributed by atoms with Gasteiger partial charge < -0.3 is 10.1 Å². The van der Waals surface area contributed by atoms with Crippen LogP contribution in [0.4, 0.5) is 0 Å². The molecule has 8 rings (SSSR count). The second-order valence-electron chi connectivity index (χ2n) is 12.2. The number of hydrogen-bond donors (Lipinski definition) is 0. The van der Waals surface area contributed by atoms with Crippen LogP contribution in [0.15, 0.2) is 217 Å². The molecule has 2 aliphatic rings. The quantitative estimate of drug-likeness (QED) is 0.0889. The van der Waals surface area contributed by atoms with Gasteiger partial charge in [0.15, 0.2) is 0 Å². The molecule has 0 spiro atoms. The molecule has 1 unspecified atom stereocenters. The minimum atomic E-state index is -0.636. The van der Waals surface area contributed by atoms with E-state index in [4.69, 9.17) is 29.4 Å². The van der Waals surface area contributed by atoms with Crippen molar-refractivity contribution in [3.63, 3.8) is 0 Å². The molecule has 1 aliphatic heterocycles. The Kier molecular flexibility index (Phi) is 19.7. The molecule has 0 saturated carbocycles. The first kappa shape index (κ1) is 43.6. The van der Waals surface area contributed by atoms with E-state index >= 15 is 0 Å². The second kappa shape index (κ2) is 24.4. The predicted octanol–water partition coefficient (Wildman–Crippen LogP) is 11.4. The first-order valence-corrected chi connectivity index (χ1v) is 24.6. The van der Waals surface area contributed by atoms with Gasteiger partial charge in [-0.1, -0.05) is 196 Å². The van der Waals surface area contributed by atoms with Gasteiger partial charge in [0, 0.05) is 11.5 Å². The van der Waals surface area contributed by atoms with Gasteiger partial charge in [-0.3, -0.25) is 0 Å². The van der Waals surface area contributed by atoms with E-state index in [9.17, 15) is 0 Å². The van der Waals surface area contributed by atoms with E-state index in [-0.39, 0.29) is 38.3 Å². The van der Waals surface area contributed by atoms with Crippen molar-refractivity contribution in [1.82, 2.24) is 0 Å². The number of nitrogens with zero attached hydrogens (tertiary/aromatic N) is 1. The Morgan fingerprint density at radius 1 is 0.611 bits per heavy atom. The molecule has 1 heterocycles.